The molecule has 0 radical (unpaired) electrons. The second kappa shape index (κ2) is 7.88. The molecule has 5 rings (SSSR count). The zero-order chi connectivity index (χ0) is 19.8. The number of anilines is 2. The van der Waals surface area contributed by atoms with Crippen LogP contribution in [-0.4, -0.2) is 62.7 Å². The Morgan fingerprint density at radius 1 is 1.34 bits per heavy atom. The molecule has 11 heteroatoms. The van der Waals surface area contributed by atoms with Gasteiger partial charge >= 0.3 is 0 Å². The maximum Gasteiger partial charge on any atom is 0.237 e. The third-order valence-electron chi connectivity index (χ3n) is 4.93. The highest BCUT2D eigenvalue weighted by atomic mass is 32.2. The molecule has 2 fully saturated rings. The van der Waals surface area contributed by atoms with E-state index in [1.807, 2.05) is 29.8 Å². The number of carbonyl (C=O) groups excluding carboxylic acids is 1. The highest BCUT2D eigenvalue weighted by molar-refractivity contribution is 8.00. The molecule has 1 aromatic carbocycles. The molecule has 2 aliphatic rings. The fourth-order valence-electron chi connectivity index (χ4n) is 3.15. The van der Waals surface area contributed by atoms with Gasteiger partial charge < -0.3 is 15.0 Å². The van der Waals surface area contributed by atoms with Crippen molar-refractivity contribution < 1.29 is 9.53 Å². The highest BCUT2D eigenvalue weighted by Gasteiger charge is 2.29. The number of fused-ring (bicyclic) bond motifs is 1. The third kappa shape index (κ3) is 4.07. The number of thiazole rings is 1. The molecule has 1 atom stereocenters. The Balaban J connectivity index is 1.26. The van der Waals surface area contributed by atoms with Gasteiger partial charge in [-0.3, -0.25) is 4.79 Å². The van der Waals surface area contributed by atoms with Gasteiger partial charge in [-0.2, -0.15) is 0 Å². The van der Waals surface area contributed by atoms with Crippen molar-refractivity contribution in [2.24, 2.45) is 0 Å². The summed E-state index contributed by atoms with van der Waals surface area (Å²) in [6, 6.07) is 6.23. The number of hydrogen-bond donors (Lipinski definition) is 1. The van der Waals surface area contributed by atoms with Gasteiger partial charge in [-0.05, 0) is 48.4 Å². The van der Waals surface area contributed by atoms with Gasteiger partial charge in [-0.15, -0.1) is 5.10 Å². The summed E-state index contributed by atoms with van der Waals surface area (Å²) >= 11 is 3.03. The van der Waals surface area contributed by atoms with Crippen LogP contribution >= 0.6 is 23.1 Å². The van der Waals surface area contributed by atoms with Gasteiger partial charge in [0.25, 0.3) is 0 Å². The minimum absolute atomic E-state index is 0.0717. The Morgan fingerprint density at radius 3 is 2.97 bits per heavy atom. The van der Waals surface area contributed by atoms with Crippen LogP contribution in [0.25, 0.3) is 10.2 Å². The molecule has 9 nitrogen and oxygen atoms in total. The van der Waals surface area contributed by atoms with E-state index in [1.165, 1.54) is 11.8 Å². The van der Waals surface area contributed by atoms with Crippen molar-refractivity contribution in [3.63, 3.8) is 0 Å². The van der Waals surface area contributed by atoms with E-state index in [9.17, 15) is 4.79 Å². The first-order chi connectivity index (χ1) is 14.2. The summed E-state index contributed by atoms with van der Waals surface area (Å²) in [6.45, 7) is 5.05. The number of thioether (sulfide) groups is 1. The van der Waals surface area contributed by atoms with Crippen LogP contribution in [0.4, 0.5) is 10.8 Å². The SMILES string of the molecule is CC(Sc1nnnn1C1CC1)C(=O)Nc1ccc2nc(N3CCOCC3)sc2c1. The summed E-state index contributed by atoms with van der Waals surface area (Å²) in [5.74, 6) is -0.0717. The Labute approximate surface area is 175 Å². The monoisotopic (exact) mass is 431 g/mol. The van der Waals surface area contributed by atoms with Gasteiger partial charge in [0.05, 0.1) is 34.7 Å². The van der Waals surface area contributed by atoms with Crippen LogP contribution < -0.4 is 10.2 Å². The van der Waals surface area contributed by atoms with E-state index >= 15 is 0 Å². The van der Waals surface area contributed by atoms with Crippen molar-refractivity contribution in [1.82, 2.24) is 25.2 Å². The molecule has 152 valence electrons. The first-order valence-corrected chi connectivity index (χ1v) is 11.4. The minimum atomic E-state index is -0.306. The van der Waals surface area contributed by atoms with Gasteiger partial charge in [0.15, 0.2) is 5.13 Å². The fraction of sp³-hybridized carbons (Fsp3) is 0.500. The Bertz CT molecular complexity index is 1030. The van der Waals surface area contributed by atoms with Crippen LogP contribution in [0.1, 0.15) is 25.8 Å². The molecule has 1 aliphatic carbocycles. The average molecular weight is 432 g/mol. The summed E-state index contributed by atoms with van der Waals surface area (Å²) < 4.78 is 8.30. The number of tetrazole rings is 1. The standard InChI is InChI=1S/C18H21N7O2S2/c1-11(28-18-21-22-23-25(18)13-3-4-13)16(26)19-12-2-5-14-15(10-12)29-17(20-14)24-6-8-27-9-7-24/h2,5,10-11,13H,3-4,6-9H2,1H3,(H,19,26). The first kappa shape index (κ1) is 18.8. The van der Waals surface area contributed by atoms with Crippen LogP contribution in [0.2, 0.25) is 0 Å². The number of morpholine rings is 1. The highest BCUT2D eigenvalue weighted by Crippen LogP contribution is 2.37. The lowest BCUT2D eigenvalue weighted by atomic mass is 10.3. The van der Waals surface area contributed by atoms with Crippen LogP contribution in [0.5, 0.6) is 0 Å². The van der Waals surface area contributed by atoms with Crippen molar-refractivity contribution in [3.8, 4) is 0 Å². The molecule has 1 amide bonds. The van der Waals surface area contributed by atoms with Gasteiger partial charge in [0, 0.05) is 18.8 Å². The lowest BCUT2D eigenvalue weighted by Crippen LogP contribution is -2.36. The minimum Gasteiger partial charge on any atom is -0.378 e. The second-order valence-corrected chi connectivity index (χ2v) is 9.48. The maximum absolute atomic E-state index is 12.7. The average Bonchev–Trinajstić information content (AvgIpc) is 3.32. The predicted molar refractivity (Wildman–Crippen MR) is 113 cm³/mol. The predicted octanol–water partition coefficient (Wildman–Crippen LogP) is 2.57. The van der Waals surface area contributed by atoms with Gasteiger partial charge in [0.1, 0.15) is 0 Å². The molecule has 3 aromatic rings. The number of aromatic nitrogens is 5. The molecule has 1 saturated carbocycles. The smallest absolute Gasteiger partial charge is 0.237 e. The number of amides is 1. The maximum atomic E-state index is 12.7. The van der Waals surface area contributed by atoms with E-state index in [0.717, 1.165) is 60.2 Å². The molecule has 29 heavy (non-hydrogen) atoms. The number of hydrogen-bond acceptors (Lipinski definition) is 9. The van der Waals surface area contributed by atoms with E-state index in [1.54, 1.807) is 11.3 Å². The molecule has 0 bridgehead atoms. The summed E-state index contributed by atoms with van der Waals surface area (Å²) in [4.78, 5) is 19.6. The second-order valence-electron chi connectivity index (χ2n) is 7.16. The molecule has 1 aliphatic heterocycles. The molecule has 3 heterocycles. The van der Waals surface area contributed by atoms with Gasteiger partial charge in [-0.1, -0.05) is 23.1 Å². The fourth-order valence-corrected chi connectivity index (χ4v) is 5.06. The van der Waals surface area contributed by atoms with E-state index in [2.05, 4.69) is 25.7 Å². The molecular weight excluding hydrogens is 410 g/mol. The largest absolute Gasteiger partial charge is 0.378 e. The van der Waals surface area contributed by atoms with Gasteiger partial charge in [0.2, 0.25) is 11.1 Å². The van der Waals surface area contributed by atoms with Crippen LogP contribution in [0, 0.1) is 0 Å². The van der Waals surface area contributed by atoms with Crippen LogP contribution in [0.15, 0.2) is 23.4 Å². The molecule has 1 unspecified atom stereocenters. The third-order valence-corrected chi connectivity index (χ3v) is 7.06. The number of carbonyl (C=O) groups is 1. The Morgan fingerprint density at radius 2 is 2.17 bits per heavy atom. The van der Waals surface area contributed by atoms with Crippen molar-refractivity contribution in [2.45, 2.75) is 36.2 Å². The van der Waals surface area contributed by atoms with Crippen LogP contribution in [0.3, 0.4) is 0 Å². The number of nitrogens with zero attached hydrogens (tertiary/aromatic N) is 6. The number of nitrogens with one attached hydrogen (secondary N) is 1. The Kier molecular flexibility index (Phi) is 5.10. The zero-order valence-electron chi connectivity index (χ0n) is 15.9. The normalized spacial score (nSPS) is 18.2. The topological polar surface area (TPSA) is 98.1 Å². The van der Waals surface area contributed by atoms with Crippen LogP contribution in [-0.2, 0) is 9.53 Å². The summed E-state index contributed by atoms with van der Waals surface area (Å²) in [5.41, 5.74) is 1.72. The summed E-state index contributed by atoms with van der Waals surface area (Å²) in [5, 5.41) is 16.2. The molecule has 1 saturated heterocycles. The number of rotatable bonds is 6. The quantitative estimate of drug-likeness (QED) is 0.595. The van der Waals surface area contributed by atoms with Gasteiger partial charge in [-0.25, -0.2) is 9.67 Å². The van der Waals surface area contributed by atoms with E-state index in [0.29, 0.717) is 11.2 Å². The molecular formula is C18H21N7O2S2. The van der Waals surface area contributed by atoms with E-state index in [4.69, 9.17) is 9.72 Å². The summed E-state index contributed by atoms with van der Waals surface area (Å²) in [7, 11) is 0. The summed E-state index contributed by atoms with van der Waals surface area (Å²) in [6.07, 6.45) is 2.20. The van der Waals surface area contributed by atoms with E-state index < -0.39 is 0 Å². The Hall–Kier alpha value is -2.24. The molecule has 2 aromatic heterocycles. The lowest BCUT2D eigenvalue weighted by molar-refractivity contribution is -0.115. The zero-order valence-corrected chi connectivity index (χ0v) is 17.6. The van der Waals surface area contributed by atoms with Crippen molar-refractivity contribution in [3.05, 3.63) is 18.2 Å². The number of benzene rings is 1. The van der Waals surface area contributed by atoms with Crippen molar-refractivity contribution >= 4 is 50.0 Å². The molecule has 0 spiro atoms. The van der Waals surface area contributed by atoms with Crippen molar-refractivity contribution in [1.29, 1.82) is 0 Å². The molecule has 1 N–H and O–H groups in total. The van der Waals surface area contributed by atoms with E-state index in [-0.39, 0.29) is 11.2 Å². The lowest BCUT2D eigenvalue weighted by Gasteiger charge is -2.25. The first-order valence-electron chi connectivity index (χ1n) is 9.66. The van der Waals surface area contributed by atoms with Crippen molar-refractivity contribution in [2.75, 3.05) is 36.5 Å². The number of ether oxygens (including phenoxy) is 1.